The van der Waals surface area contributed by atoms with Gasteiger partial charge in [-0.3, -0.25) is 19.5 Å². The van der Waals surface area contributed by atoms with Crippen LogP contribution in [-0.2, 0) is 16.1 Å². The number of carbonyl (C=O) groups excluding carboxylic acids is 1. The summed E-state index contributed by atoms with van der Waals surface area (Å²) in [5.74, 6) is 0.373. The minimum atomic E-state index is -0.793. The monoisotopic (exact) mass is 667 g/mol. The van der Waals surface area contributed by atoms with Gasteiger partial charge in [0, 0.05) is 22.7 Å². The van der Waals surface area contributed by atoms with Crippen LogP contribution in [0.25, 0.3) is 6.08 Å². The zero-order valence-electron chi connectivity index (χ0n) is 24.4. The fourth-order valence-electron chi connectivity index (χ4n) is 4.87. The zero-order valence-corrected chi connectivity index (χ0v) is 26.7. The number of ether oxygens (including phenoxy) is 3. The topological polar surface area (TPSA) is 122 Å². The lowest BCUT2D eigenvalue weighted by Gasteiger charge is -2.24. The quantitative estimate of drug-likeness (QED) is 0.116. The van der Waals surface area contributed by atoms with Crippen LogP contribution in [0.2, 0.25) is 10.0 Å². The lowest BCUT2D eigenvalue weighted by molar-refractivity contribution is -0.384. The minimum Gasteiger partial charge on any atom is -0.494 e. The van der Waals surface area contributed by atoms with Crippen LogP contribution in [-0.4, -0.2) is 28.7 Å². The molecule has 0 amide bonds. The SMILES string of the molecule is CCOC(=O)C1=C(C)N=c2s/c(=C\c3cc(Cl)cc(Cl)c3OCc3ccc([N+](=O)[O-])cc3)c(=O)n2[C@@H]1c1ccc(OCC)cc1. The summed E-state index contributed by atoms with van der Waals surface area (Å²) in [6.07, 6.45) is 1.62. The summed E-state index contributed by atoms with van der Waals surface area (Å²) in [7, 11) is 0. The molecule has 3 aromatic carbocycles. The molecule has 0 radical (unpaired) electrons. The van der Waals surface area contributed by atoms with Crippen LogP contribution in [0.1, 0.15) is 43.5 Å². The number of non-ortho nitro benzene ring substituents is 1. The molecule has 0 fully saturated rings. The Morgan fingerprint density at radius 3 is 2.42 bits per heavy atom. The maximum absolute atomic E-state index is 14.1. The Balaban J connectivity index is 1.60. The molecule has 2 heterocycles. The average molecular weight is 669 g/mol. The Kier molecular flexibility index (Phi) is 9.71. The van der Waals surface area contributed by atoms with Gasteiger partial charge in [0.25, 0.3) is 11.2 Å². The molecule has 1 aliphatic heterocycles. The van der Waals surface area contributed by atoms with E-state index in [0.717, 1.165) is 11.3 Å². The molecule has 232 valence electrons. The predicted molar refractivity (Wildman–Crippen MR) is 172 cm³/mol. The Labute approximate surface area is 271 Å². The molecule has 45 heavy (non-hydrogen) atoms. The Morgan fingerprint density at radius 1 is 1.07 bits per heavy atom. The van der Waals surface area contributed by atoms with Gasteiger partial charge in [-0.1, -0.05) is 46.7 Å². The summed E-state index contributed by atoms with van der Waals surface area (Å²) in [5.41, 5.74) is 2.08. The normalized spacial score (nSPS) is 14.5. The molecule has 4 aromatic rings. The number of halogens is 2. The van der Waals surface area contributed by atoms with Crippen LogP contribution in [0.4, 0.5) is 5.69 Å². The fourth-order valence-corrected chi connectivity index (χ4v) is 6.47. The van der Waals surface area contributed by atoms with Crippen LogP contribution in [0.3, 0.4) is 0 Å². The summed E-state index contributed by atoms with van der Waals surface area (Å²) in [6.45, 7) is 6.03. The third-order valence-electron chi connectivity index (χ3n) is 6.88. The standard InChI is InChI=1S/C32H27Cl2N3O7S/c1-4-42-24-12-8-20(9-13-24)28-27(31(39)43-5-2)18(3)35-32-36(28)30(38)26(45-32)15-21-14-22(33)16-25(34)29(21)44-17-19-6-10-23(11-7-19)37(40)41/h6-16,28H,4-5,17H2,1-3H3/b26-15-/t28-/m1/s1. The molecule has 0 bridgehead atoms. The van der Waals surface area contributed by atoms with Crippen molar-refractivity contribution in [1.82, 2.24) is 4.57 Å². The molecular formula is C32H27Cl2N3O7S. The lowest BCUT2D eigenvalue weighted by atomic mass is 9.96. The third kappa shape index (κ3) is 6.80. The van der Waals surface area contributed by atoms with E-state index >= 15 is 0 Å². The summed E-state index contributed by atoms with van der Waals surface area (Å²) >= 11 is 14.0. The van der Waals surface area contributed by atoms with Gasteiger partial charge in [0.15, 0.2) is 4.80 Å². The van der Waals surface area contributed by atoms with Crippen molar-refractivity contribution in [3.8, 4) is 11.5 Å². The number of nitrogens with zero attached hydrogens (tertiary/aromatic N) is 3. The number of esters is 1. The number of thiazole rings is 1. The van der Waals surface area contributed by atoms with Gasteiger partial charge in [0.05, 0.1) is 45.0 Å². The number of carbonyl (C=O) groups is 1. The summed E-state index contributed by atoms with van der Waals surface area (Å²) < 4.78 is 18.8. The van der Waals surface area contributed by atoms with Crippen molar-refractivity contribution in [2.75, 3.05) is 13.2 Å². The fraction of sp³-hybridized carbons (Fsp3) is 0.219. The molecule has 13 heteroatoms. The van der Waals surface area contributed by atoms with E-state index in [-0.39, 0.29) is 40.8 Å². The van der Waals surface area contributed by atoms with Crippen molar-refractivity contribution in [2.24, 2.45) is 4.99 Å². The highest BCUT2D eigenvalue weighted by molar-refractivity contribution is 7.07. The van der Waals surface area contributed by atoms with E-state index in [1.54, 1.807) is 50.3 Å². The first-order valence-corrected chi connectivity index (χ1v) is 15.5. The second-order valence-electron chi connectivity index (χ2n) is 9.82. The second-order valence-corrected chi connectivity index (χ2v) is 11.7. The highest BCUT2D eigenvalue weighted by Gasteiger charge is 2.33. The zero-order chi connectivity index (χ0) is 32.2. The number of hydrogen-bond donors (Lipinski definition) is 0. The smallest absolute Gasteiger partial charge is 0.338 e. The number of allylic oxidation sites excluding steroid dienone is 1. The molecule has 0 spiro atoms. The van der Waals surface area contributed by atoms with Gasteiger partial charge < -0.3 is 14.2 Å². The number of fused-ring (bicyclic) bond motifs is 1. The molecule has 0 saturated heterocycles. The van der Waals surface area contributed by atoms with Gasteiger partial charge >= 0.3 is 5.97 Å². The Morgan fingerprint density at radius 2 is 1.78 bits per heavy atom. The predicted octanol–water partition coefficient (Wildman–Crippen LogP) is 5.99. The Hall–Kier alpha value is -4.45. The van der Waals surface area contributed by atoms with Crippen molar-refractivity contribution in [3.63, 3.8) is 0 Å². The summed E-state index contributed by atoms with van der Waals surface area (Å²) in [4.78, 5) is 42.8. The molecule has 5 rings (SSSR count). The van der Waals surface area contributed by atoms with Crippen molar-refractivity contribution in [1.29, 1.82) is 0 Å². The van der Waals surface area contributed by atoms with Crippen LogP contribution in [0.15, 0.2) is 81.7 Å². The van der Waals surface area contributed by atoms with E-state index in [4.69, 9.17) is 37.4 Å². The first-order valence-electron chi connectivity index (χ1n) is 13.9. The van der Waals surface area contributed by atoms with Gasteiger partial charge in [-0.25, -0.2) is 9.79 Å². The van der Waals surface area contributed by atoms with Gasteiger partial charge in [-0.05, 0) is 74.4 Å². The van der Waals surface area contributed by atoms with E-state index in [2.05, 4.69) is 4.99 Å². The molecule has 0 aliphatic carbocycles. The number of nitro groups is 1. The second kappa shape index (κ2) is 13.7. The van der Waals surface area contributed by atoms with E-state index in [1.807, 2.05) is 19.1 Å². The maximum Gasteiger partial charge on any atom is 0.338 e. The van der Waals surface area contributed by atoms with E-state index < -0.39 is 16.9 Å². The van der Waals surface area contributed by atoms with Gasteiger partial charge in [0.2, 0.25) is 0 Å². The molecule has 1 aliphatic rings. The number of nitro benzene ring substituents is 1. The molecule has 0 N–H and O–H groups in total. The van der Waals surface area contributed by atoms with E-state index in [0.29, 0.717) is 49.1 Å². The van der Waals surface area contributed by atoms with Crippen LogP contribution >= 0.6 is 34.5 Å². The molecule has 0 unspecified atom stereocenters. The number of rotatable bonds is 10. The average Bonchev–Trinajstić information content (AvgIpc) is 3.30. The Bertz CT molecular complexity index is 1980. The lowest BCUT2D eigenvalue weighted by Crippen LogP contribution is -2.39. The van der Waals surface area contributed by atoms with Gasteiger partial charge in [-0.2, -0.15) is 0 Å². The van der Waals surface area contributed by atoms with Gasteiger partial charge in [-0.15, -0.1) is 0 Å². The van der Waals surface area contributed by atoms with E-state index in [1.165, 1.54) is 22.8 Å². The summed E-state index contributed by atoms with van der Waals surface area (Å²) in [6, 6.07) is 15.5. The number of hydrogen-bond acceptors (Lipinski definition) is 9. The van der Waals surface area contributed by atoms with Crippen molar-refractivity contribution in [2.45, 2.75) is 33.4 Å². The van der Waals surface area contributed by atoms with Crippen molar-refractivity contribution in [3.05, 3.63) is 128 Å². The van der Waals surface area contributed by atoms with Crippen molar-refractivity contribution < 1.29 is 23.9 Å². The number of benzene rings is 3. The van der Waals surface area contributed by atoms with Crippen LogP contribution in [0, 0.1) is 10.1 Å². The first-order chi connectivity index (χ1) is 21.6. The summed E-state index contributed by atoms with van der Waals surface area (Å²) in [5, 5.41) is 11.5. The minimum absolute atomic E-state index is 0.0377. The molecule has 10 nitrogen and oxygen atoms in total. The molecule has 1 atom stereocenters. The molecular weight excluding hydrogens is 641 g/mol. The number of aromatic nitrogens is 1. The van der Waals surface area contributed by atoms with E-state index in [9.17, 15) is 19.7 Å². The van der Waals surface area contributed by atoms with Crippen molar-refractivity contribution >= 4 is 52.3 Å². The third-order valence-corrected chi connectivity index (χ3v) is 8.36. The van der Waals surface area contributed by atoms with Gasteiger partial charge in [0.1, 0.15) is 18.1 Å². The van der Waals surface area contributed by atoms with Crippen LogP contribution < -0.4 is 24.4 Å². The molecule has 1 aromatic heterocycles. The molecule has 0 saturated carbocycles. The highest BCUT2D eigenvalue weighted by Crippen LogP contribution is 2.34. The largest absolute Gasteiger partial charge is 0.494 e. The maximum atomic E-state index is 14.1. The first kappa shape index (κ1) is 32.0. The highest BCUT2D eigenvalue weighted by atomic mass is 35.5. The van der Waals surface area contributed by atoms with Crippen LogP contribution in [0.5, 0.6) is 11.5 Å².